The minimum absolute atomic E-state index is 0.0982. The number of hydrogen-bond acceptors (Lipinski definition) is 3. The number of hydrogen-bond donors (Lipinski definition) is 1. The predicted octanol–water partition coefficient (Wildman–Crippen LogP) is 2.12. The van der Waals surface area contributed by atoms with Crippen molar-refractivity contribution in [1.29, 1.82) is 0 Å². The van der Waals surface area contributed by atoms with Gasteiger partial charge in [0.25, 0.3) is 5.91 Å². The summed E-state index contributed by atoms with van der Waals surface area (Å²) in [7, 11) is 0. The SMILES string of the molecule is O=C1Cc2ccccc2C(=O)N1c1ccc(O)cc1. The molecular weight excluding hydrogens is 242 g/mol. The molecule has 2 amide bonds. The largest absolute Gasteiger partial charge is 0.508 e. The quantitative estimate of drug-likeness (QED) is 0.792. The van der Waals surface area contributed by atoms with Gasteiger partial charge in [-0.05, 0) is 35.9 Å². The van der Waals surface area contributed by atoms with Crippen LogP contribution in [0.5, 0.6) is 5.75 Å². The van der Waals surface area contributed by atoms with Crippen molar-refractivity contribution in [2.75, 3.05) is 4.90 Å². The van der Waals surface area contributed by atoms with Crippen molar-refractivity contribution in [3.8, 4) is 5.75 Å². The Morgan fingerprint density at radius 2 is 1.63 bits per heavy atom. The van der Waals surface area contributed by atoms with E-state index in [4.69, 9.17) is 0 Å². The first-order valence-electron chi connectivity index (χ1n) is 5.91. The van der Waals surface area contributed by atoms with Crippen molar-refractivity contribution in [2.45, 2.75) is 6.42 Å². The third-order valence-corrected chi connectivity index (χ3v) is 3.15. The van der Waals surface area contributed by atoms with E-state index in [1.165, 1.54) is 12.1 Å². The molecule has 0 aliphatic carbocycles. The van der Waals surface area contributed by atoms with Gasteiger partial charge < -0.3 is 5.11 Å². The van der Waals surface area contributed by atoms with Crippen molar-refractivity contribution in [3.05, 3.63) is 59.7 Å². The highest BCUT2D eigenvalue weighted by molar-refractivity contribution is 6.24. The zero-order chi connectivity index (χ0) is 13.4. The van der Waals surface area contributed by atoms with E-state index >= 15 is 0 Å². The number of benzene rings is 2. The van der Waals surface area contributed by atoms with Gasteiger partial charge in [-0.25, -0.2) is 4.90 Å². The molecule has 2 aromatic carbocycles. The highest BCUT2D eigenvalue weighted by Crippen LogP contribution is 2.26. The molecule has 2 aromatic rings. The molecule has 0 bridgehead atoms. The van der Waals surface area contributed by atoms with Crippen LogP contribution in [0.2, 0.25) is 0 Å². The number of rotatable bonds is 1. The summed E-state index contributed by atoms with van der Waals surface area (Å²) in [5.41, 5.74) is 1.78. The fourth-order valence-electron chi connectivity index (χ4n) is 2.22. The molecule has 1 N–H and O–H groups in total. The van der Waals surface area contributed by atoms with Crippen LogP contribution in [0.25, 0.3) is 0 Å². The van der Waals surface area contributed by atoms with Crippen LogP contribution in [-0.4, -0.2) is 16.9 Å². The van der Waals surface area contributed by atoms with Gasteiger partial charge in [-0.3, -0.25) is 9.59 Å². The second-order valence-corrected chi connectivity index (χ2v) is 4.38. The molecule has 4 heteroatoms. The fraction of sp³-hybridized carbons (Fsp3) is 0.0667. The van der Waals surface area contributed by atoms with Crippen molar-refractivity contribution in [3.63, 3.8) is 0 Å². The highest BCUT2D eigenvalue weighted by Gasteiger charge is 2.31. The lowest BCUT2D eigenvalue weighted by atomic mass is 9.98. The van der Waals surface area contributed by atoms with Gasteiger partial charge >= 0.3 is 0 Å². The van der Waals surface area contributed by atoms with E-state index in [2.05, 4.69) is 0 Å². The van der Waals surface area contributed by atoms with E-state index in [9.17, 15) is 14.7 Å². The molecule has 0 aromatic heterocycles. The molecule has 19 heavy (non-hydrogen) atoms. The number of aromatic hydroxyl groups is 1. The molecular formula is C15H11NO3. The molecule has 1 aliphatic rings. The van der Waals surface area contributed by atoms with Crippen molar-refractivity contribution in [2.24, 2.45) is 0 Å². The summed E-state index contributed by atoms with van der Waals surface area (Å²) < 4.78 is 0. The van der Waals surface area contributed by atoms with Crippen LogP contribution in [0.1, 0.15) is 15.9 Å². The predicted molar refractivity (Wildman–Crippen MR) is 70.1 cm³/mol. The Morgan fingerprint density at radius 1 is 0.947 bits per heavy atom. The Bertz CT molecular complexity index is 661. The first-order chi connectivity index (χ1) is 9.16. The number of fused-ring (bicyclic) bond motifs is 1. The van der Waals surface area contributed by atoms with Crippen LogP contribution in [0, 0.1) is 0 Å². The number of anilines is 1. The normalized spacial score (nSPS) is 14.4. The molecule has 1 heterocycles. The number of imide groups is 1. The Hall–Kier alpha value is -2.62. The molecule has 4 nitrogen and oxygen atoms in total. The average molecular weight is 253 g/mol. The number of carbonyl (C=O) groups is 2. The molecule has 0 atom stereocenters. The highest BCUT2D eigenvalue weighted by atomic mass is 16.3. The topological polar surface area (TPSA) is 57.6 Å². The number of phenols is 1. The van der Waals surface area contributed by atoms with Crippen molar-refractivity contribution in [1.82, 2.24) is 0 Å². The van der Waals surface area contributed by atoms with E-state index in [1.54, 1.807) is 30.3 Å². The number of amides is 2. The minimum Gasteiger partial charge on any atom is -0.508 e. The molecule has 3 rings (SSSR count). The molecule has 0 unspecified atom stereocenters. The summed E-state index contributed by atoms with van der Waals surface area (Å²) in [6, 6.07) is 13.1. The van der Waals surface area contributed by atoms with Crippen LogP contribution >= 0.6 is 0 Å². The maximum absolute atomic E-state index is 12.4. The lowest BCUT2D eigenvalue weighted by molar-refractivity contribution is -0.117. The van der Waals surface area contributed by atoms with Crippen molar-refractivity contribution < 1.29 is 14.7 Å². The molecule has 0 radical (unpaired) electrons. The summed E-state index contributed by atoms with van der Waals surface area (Å²) in [5.74, 6) is -0.479. The smallest absolute Gasteiger partial charge is 0.265 e. The van der Waals surface area contributed by atoms with Gasteiger partial charge in [-0.1, -0.05) is 18.2 Å². The summed E-state index contributed by atoms with van der Waals surface area (Å²) in [4.78, 5) is 25.6. The summed E-state index contributed by atoms with van der Waals surface area (Å²) in [6.07, 6.45) is 0.211. The third-order valence-electron chi connectivity index (χ3n) is 3.15. The monoisotopic (exact) mass is 253 g/mol. The Kier molecular flexibility index (Phi) is 2.56. The second kappa shape index (κ2) is 4.24. The lowest BCUT2D eigenvalue weighted by Gasteiger charge is -2.26. The third kappa shape index (κ3) is 1.87. The number of carbonyl (C=O) groups excluding carboxylic acids is 2. The summed E-state index contributed by atoms with van der Waals surface area (Å²) in [5, 5.41) is 9.26. The van der Waals surface area contributed by atoms with E-state index in [1.807, 2.05) is 6.07 Å². The first-order valence-corrected chi connectivity index (χ1v) is 5.91. The average Bonchev–Trinajstić information content (AvgIpc) is 2.41. The van der Waals surface area contributed by atoms with Gasteiger partial charge in [0.05, 0.1) is 12.1 Å². The van der Waals surface area contributed by atoms with Crippen LogP contribution < -0.4 is 4.90 Å². The van der Waals surface area contributed by atoms with Gasteiger partial charge in [-0.15, -0.1) is 0 Å². The van der Waals surface area contributed by atoms with E-state index in [0.717, 1.165) is 10.5 Å². The van der Waals surface area contributed by atoms with Gasteiger partial charge in [0, 0.05) is 5.56 Å². The fourth-order valence-corrected chi connectivity index (χ4v) is 2.22. The van der Waals surface area contributed by atoms with Gasteiger partial charge in [0.2, 0.25) is 5.91 Å². The van der Waals surface area contributed by atoms with Crippen LogP contribution in [0.4, 0.5) is 5.69 Å². The maximum Gasteiger partial charge on any atom is 0.265 e. The molecule has 94 valence electrons. The standard InChI is InChI=1S/C15H11NO3/c17-12-7-5-11(6-8-12)16-14(18)9-10-3-1-2-4-13(10)15(16)19/h1-8,17H,9H2. The Labute approximate surface area is 109 Å². The van der Waals surface area contributed by atoms with Crippen LogP contribution in [0.15, 0.2) is 48.5 Å². The van der Waals surface area contributed by atoms with Crippen LogP contribution in [0.3, 0.4) is 0 Å². The Morgan fingerprint density at radius 3 is 2.37 bits per heavy atom. The van der Waals surface area contributed by atoms with Crippen LogP contribution in [-0.2, 0) is 11.2 Å². The molecule has 1 aliphatic heterocycles. The number of nitrogens with zero attached hydrogens (tertiary/aromatic N) is 1. The Balaban J connectivity index is 2.06. The zero-order valence-electron chi connectivity index (χ0n) is 10.0. The van der Waals surface area contributed by atoms with Gasteiger partial charge in [-0.2, -0.15) is 0 Å². The minimum atomic E-state index is -0.322. The molecule has 0 saturated carbocycles. The van der Waals surface area contributed by atoms with Gasteiger partial charge in [0.1, 0.15) is 5.75 Å². The van der Waals surface area contributed by atoms with E-state index in [0.29, 0.717) is 11.3 Å². The van der Waals surface area contributed by atoms with E-state index in [-0.39, 0.29) is 24.0 Å². The first kappa shape index (κ1) is 11.5. The molecule has 0 saturated heterocycles. The van der Waals surface area contributed by atoms with Crippen molar-refractivity contribution >= 4 is 17.5 Å². The zero-order valence-corrected chi connectivity index (χ0v) is 10.0. The maximum atomic E-state index is 12.4. The lowest BCUT2D eigenvalue weighted by Crippen LogP contribution is -2.42. The summed E-state index contributed by atoms with van der Waals surface area (Å²) in [6.45, 7) is 0. The molecule has 0 fully saturated rings. The number of phenolic OH excluding ortho intramolecular Hbond substituents is 1. The molecule has 0 spiro atoms. The second-order valence-electron chi connectivity index (χ2n) is 4.38. The van der Waals surface area contributed by atoms with Gasteiger partial charge in [0.15, 0.2) is 0 Å². The van der Waals surface area contributed by atoms with E-state index < -0.39 is 0 Å². The summed E-state index contributed by atoms with van der Waals surface area (Å²) >= 11 is 0.